The van der Waals surface area contributed by atoms with Crippen molar-refractivity contribution >= 4 is 0 Å². The van der Waals surface area contributed by atoms with Crippen LogP contribution in [0.5, 0.6) is 0 Å². The molecule has 2 atom stereocenters. The first kappa shape index (κ1) is 12.2. The Labute approximate surface area is 103 Å². The Morgan fingerprint density at radius 3 is 2.53 bits per heavy atom. The van der Waals surface area contributed by atoms with Crippen LogP contribution >= 0.6 is 0 Å². The van der Waals surface area contributed by atoms with Crippen LogP contribution in [0.4, 0.5) is 0 Å². The molecule has 1 aromatic carbocycles. The van der Waals surface area contributed by atoms with E-state index in [0.29, 0.717) is 0 Å². The average Bonchev–Trinajstić information content (AvgIpc) is 2.28. The van der Waals surface area contributed by atoms with Gasteiger partial charge in [0.05, 0.1) is 6.10 Å². The molecule has 2 unspecified atom stereocenters. The summed E-state index contributed by atoms with van der Waals surface area (Å²) in [4.78, 5) is 0. The summed E-state index contributed by atoms with van der Waals surface area (Å²) >= 11 is 0. The predicted molar refractivity (Wildman–Crippen MR) is 67.3 cm³/mol. The molecule has 1 fully saturated rings. The maximum absolute atomic E-state index is 5.95. The lowest BCUT2D eigenvalue weighted by Crippen LogP contribution is -2.40. The van der Waals surface area contributed by atoms with Crippen LogP contribution in [-0.4, -0.2) is 11.9 Å². The quantitative estimate of drug-likeness (QED) is 0.689. The first-order valence-corrected chi connectivity index (χ1v) is 5.93. The van der Waals surface area contributed by atoms with Gasteiger partial charge in [-0.3, -0.25) is 0 Å². The molecule has 0 saturated carbocycles. The van der Waals surface area contributed by atoms with Crippen LogP contribution in [0.15, 0.2) is 30.3 Å². The van der Waals surface area contributed by atoms with Crippen LogP contribution in [0.25, 0.3) is 0 Å². The molecule has 0 N–H and O–H groups in total. The highest BCUT2D eigenvalue weighted by Crippen LogP contribution is 2.35. The Morgan fingerprint density at radius 1 is 1.18 bits per heavy atom. The van der Waals surface area contributed by atoms with Crippen molar-refractivity contribution in [3.8, 4) is 11.8 Å². The van der Waals surface area contributed by atoms with Crippen molar-refractivity contribution in [2.75, 3.05) is 0 Å². The smallest absolute Gasteiger partial charge is 0.165 e. The molecule has 2 nitrogen and oxygen atoms in total. The molecular weight excluding hydrogens is 212 g/mol. The number of hydrogen-bond donors (Lipinski definition) is 0. The standard InChI is InChI=1S/C15H18O2/c1-4-8-13-11-14(17-15(2,3)16-13)12-9-6-5-7-10-12/h5-7,9-10,13-14H,11H2,1-3H3. The first-order valence-electron chi connectivity index (χ1n) is 5.93. The van der Waals surface area contributed by atoms with Crippen LogP contribution in [0.1, 0.15) is 38.9 Å². The Morgan fingerprint density at radius 2 is 1.88 bits per heavy atom. The third kappa shape index (κ3) is 3.09. The van der Waals surface area contributed by atoms with Crippen LogP contribution in [0.3, 0.4) is 0 Å². The zero-order valence-electron chi connectivity index (χ0n) is 10.6. The zero-order chi connectivity index (χ0) is 12.3. The lowest BCUT2D eigenvalue weighted by molar-refractivity contribution is -0.291. The van der Waals surface area contributed by atoms with E-state index in [4.69, 9.17) is 9.47 Å². The maximum atomic E-state index is 5.95. The third-order valence-corrected chi connectivity index (χ3v) is 2.76. The minimum absolute atomic E-state index is 0.0473. The largest absolute Gasteiger partial charge is 0.342 e. The van der Waals surface area contributed by atoms with Gasteiger partial charge in [0.15, 0.2) is 5.79 Å². The van der Waals surface area contributed by atoms with E-state index >= 15 is 0 Å². The van der Waals surface area contributed by atoms with Crippen LogP contribution in [0, 0.1) is 11.8 Å². The number of hydrogen-bond acceptors (Lipinski definition) is 2. The van der Waals surface area contributed by atoms with Crippen molar-refractivity contribution in [3.05, 3.63) is 35.9 Å². The Balaban J connectivity index is 2.20. The second-order valence-electron chi connectivity index (χ2n) is 4.65. The van der Waals surface area contributed by atoms with Crippen molar-refractivity contribution in [1.29, 1.82) is 0 Å². The highest BCUT2D eigenvalue weighted by Gasteiger charge is 2.35. The maximum Gasteiger partial charge on any atom is 0.165 e. The Hall–Kier alpha value is -1.30. The van der Waals surface area contributed by atoms with E-state index in [1.807, 2.05) is 39.0 Å². The molecule has 1 aliphatic heterocycles. The second-order valence-corrected chi connectivity index (χ2v) is 4.65. The molecule has 1 aromatic rings. The van der Waals surface area contributed by atoms with Crippen molar-refractivity contribution < 1.29 is 9.47 Å². The van der Waals surface area contributed by atoms with Crippen molar-refractivity contribution in [1.82, 2.24) is 0 Å². The molecule has 17 heavy (non-hydrogen) atoms. The lowest BCUT2D eigenvalue weighted by Gasteiger charge is -2.39. The van der Waals surface area contributed by atoms with E-state index in [0.717, 1.165) is 6.42 Å². The molecule has 90 valence electrons. The van der Waals surface area contributed by atoms with Crippen LogP contribution in [0.2, 0.25) is 0 Å². The Bertz CT molecular complexity index is 425. The highest BCUT2D eigenvalue weighted by atomic mass is 16.7. The molecule has 0 amide bonds. The first-order chi connectivity index (χ1) is 8.11. The normalized spacial score (nSPS) is 27.0. The van der Waals surface area contributed by atoms with Gasteiger partial charge in [-0.15, -0.1) is 5.92 Å². The molecule has 0 aliphatic carbocycles. The fourth-order valence-electron chi connectivity index (χ4n) is 2.12. The fourth-order valence-corrected chi connectivity index (χ4v) is 2.12. The summed E-state index contributed by atoms with van der Waals surface area (Å²) in [5.74, 6) is 5.43. The summed E-state index contributed by atoms with van der Waals surface area (Å²) in [6, 6.07) is 10.2. The topological polar surface area (TPSA) is 18.5 Å². The summed E-state index contributed by atoms with van der Waals surface area (Å²) in [6.07, 6.45) is 0.800. The van der Waals surface area contributed by atoms with Gasteiger partial charge in [-0.2, -0.15) is 0 Å². The van der Waals surface area contributed by atoms with Crippen molar-refractivity contribution in [2.45, 2.75) is 45.2 Å². The SMILES string of the molecule is CC#CC1CC(c2ccccc2)OC(C)(C)O1. The van der Waals surface area contributed by atoms with Crippen LogP contribution < -0.4 is 0 Å². The van der Waals surface area contributed by atoms with E-state index < -0.39 is 5.79 Å². The van der Waals surface area contributed by atoms with Crippen molar-refractivity contribution in [2.24, 2.45) is 0 Å². The monoisotopic (exact) mass is 230 g/mol. The predicted octanol–water partition coefficient (Wildman–Crippen LogP) is 3.29. The van der Waals surface area contributed by atoms with Gasteiger partial charge in [-0.05, 0) is 26.3 Å². The van der Waals surface area contributed by atoms with Gasteiger partial charge in [0.1, 0.15) is 6.10 Å². The van der Waals surface area contributed by atoms with Gasteiger partial charge in [-0.25, -0.2) is 0 Å². The van der Waals surface area contributed by atoms with E-state index in [1.54, 1.807) is 0 Å². The summed E-state index contributed by atoms with van der Waals surface area (Å²) in [6.45, 7) is 5.71. The van der Waals surface area contributed by atoms with E-state index in [2.05, 4.69) is 24.0 Å². The molecular formula is C15H18O2. The summed E-state index contributed by atoms with van der Waals surface area (Å²) in [5, 5.41) is 0. The Kier molecular flexibility index (Phi) is 3.51. The van der Waals surface area contributed by atoms with E-state index in [9.17, 15) is 0 Å². The van der Waals surface area contributed by atoms with E-state index in [-0.39, 0.29) is 12.2 Å². The fraction of sp³-hybridized carbons (Fsp3) is 0.467. The minimum atomic E-state index is -0.576. The van der Waals surface area contributed by atoms with Crippen molar-refractivity contribution in [3.63, 3.8) is 0 Å². The van der Waals surface area contributed by atoms with Gasteiger partial charge >= 0.3 is 0 Å². The zero-order valence-corrected chi connectivity index (χ0v) is 10.6. The van der Waals surface area contributed by atoms with E-state index in [1.165, 1.54) is 5.56 Å². The molecule has 0 spiro atoms. The second kappa shape index (κ2) is 4.91. The molecule has 1 heterocycles. The number of benzene rings is 1. The third-order valence-electron chi connectivity index (χ3n) is 2.76. The van der Waals surface area contributed by atoms with Gasteiger partial charge in [0.2, 0.25) is 0 Å². The molecule has 2 rings (SSSR count). The molecule has 0 radical (unpaired) electrons. The average molecular weight is 230 g/mol. The molecule has 0 aromatic heterocycles. The number of rotatable bonds is 1. The van der Waals surface area contributed by atoms with Gasteiger partial charge in [0.25, 0.3) is 0 Å². The summed E-state index contributed by atoms with van der Waals surface area (Å²) in [7, 11) is 0. The molecule has 0 bridgehead atoms. The summed E-state index contributed by atoms with van der Waals surface area (Å²) < 4.78 is 11.7. The summed E-state index contributed by atoms with van der Waals surface area (Å²) in [5.41, 5.74) is 1.19. The molecule has 2 heteroatoms. The number of ether oxygens (including phenoxy) is 2. The molecule has 1 aliphatic rings. The van der Waals surface area contributed by atoms with Crippen LogP contribution in [-0.2, 0) is 9.47 Å². The highest BCUT2D eigenvalue weighted by molar-refractivity contribution is 5.19. The lowest BCUT2D eigenvalue weighted by atomic mass is 10.0. The minimum Gasteiger partial charge on any atom is -0.342 e. The van der Waals surface area contributed by atoms with Gasteiger partial charge < -0.3 is 9.47 Å². The van der Waals surface area contributed by atoms with Gasteiger partial charge in [-0.1, -0.05) is 36.3 Å². The van der Waals surface area contributed by atoms with Gasteiger partial charge in [0, 0.05) is 6.42 Å². The molecule has 1 saturated heterocycles.